The van der Waals surface area contributed by atoms with Gasteiger partial charge in [0.25, 0.3) is 0 Å². The van der Waals surface area contributed by atoms with Crippen molar-refractivity contribution < 1.29 is 38.5 Å². The molecule has 0 aromatic rings. The molecule has 0 radical (unpaired) electrons. The first kappa shape index (κ1) is 39.7. The largest absolute Gasteiger partial charge is 0.480 e. The highest BCUT2D eigenvalue weighted by molar-refractivity contribution is 5.80. The van der Waals surface area contributed by atoms with E-state index in [0.29, 0.717) is 6.42 Å². The lowest BCUT2D eigenvalue weighted by atomic mass is 9.84. The third kappa shape index (κ3) is 15.2. The van der Waals surface area contributed by atoms with Crippen LogP contribution in [0, 0.1) is 0 Å². The first-order valence-corrected chi connectivity index (χ1v) is 14.6. The van der Waals surface area contributed by atoms with Crippen LogP contribution >= 0.6 is 0 Å². The van der Waals surface area contributed by atoms with Crippen molar-refractivity contribution in [2.45, 2.75) is 141 Å². The van der Waals surface area contributed by atoms with Crippen LogP contribution in [0.15, 0.2) is 0 Å². The van der Waals surface area contributed by atoms with Crippen LogP contribution in [0.2, 0.25) is 0 Å². The fourth-order valence-electron chi connectivity index (χ4n) is 4.19. The zero-order valence-electron chi connectivity index (χ0n) is 27.2. The van der Waals surface area contributed by atoms with Crippen LogP contribution in [0.1, 0.15) is 101 Å². The Kier molecular flexibility index (Phi) is 15.6. The molecule has 0 bridgehead atoms. The molecule has 0 aliphatic carbocycles. The number of carbonyl (C=O) groups is 4. The van der Waals surface area contributed by atoms with E-state index >= 15 is 0 Å². The van der Waals surface area contributed by atoms with Crippen LogP contribution in [-0.2, 0) is 33.4 Å². The molecular formula is C29H57N5O8. The zero-order chi connectivity index (χ0) is 33.1. The predicted molar refractivity (Wildman–Crippen MR) is 160 cm³/mol. The number of aliphatic carboxylic acids is 1. The summed E-state index contributed by atoms with van der Waals surface area (Å²) in [5, 5.41) is 10.6. The first-order chi connectivity index (χ1) is 18.9. The van der Waals surface area contributed by atoms with Crippen LogP contribution in [0.4, 0.5) is 0 Å². The second-order valence-corrected chi connectivity index (χ2v) is 13.8. The Labute approximate surface area is 251 Å². The summed E-state index contributed by atoms with van der Waals surface area (Å²) >= 11 is 0. The molecule has 0 rings (SSSR count). The van der Waals surface area contributed by atoms with Crippen molar-refractivity contribution in [3.05, 3.63) is 0 Å². The fourth-order valence-corrected chi connectivity index (χ4v) is 4.19. The molecule has 4 atom stereocenters. The summed E-state index contributed by atoms with van der Waals surface area (Å²) in [7, 11) is 0. The lowest BCUT2D eigenvalue weighted by molar-refractivity contribution is -0.160. The molecule has 9 N–H and O–H groups in total. The quantitative estimate of drug-likeness (QED) is 0.117. The van der Waals surface area contributed by atoms with Gasteiger partial charge in [-0.3, -0.25) is 24.1 Å². The second-order valence-electron chi connectivity index (χ2n) is 13.8. The van der Waals surface area contributed by atoms with Crippen LogP contribution in [0.25, 0.3) is 0 Å². The van der Waals surface area contributed by atoms with Crippen LogP contribution < -0.4 is 22.9 Å². The summed E-state index contributed by atoms with van der Waals surface area (Å²) in [6.07, 6.45) is 0.549. The highest BCUT2D eigenvalue weighted by Gasteiger charge is 2.44. The molecule has 0 amide bonds. The van der Waals surface area contributed by atoms with E-state index in [9.17, 15) is 24.3 Å². The van der Waals surface area contributed by atoms with Gasteiger partial charge in [0.15, 0.2) is 0 Å². The van der Waals surface area contributed by atoms with E-state index in [2.05, 4.69) is 0 Å². The van der Waals surface area contributed by atoms with Gasteiger partial charge in [-0.15, -0.1) is 0 Å². The standard InChI is InChI=1S/C29H57N5O8/c1-26(2,3)40-22(35)19(31)11-15-29(25(38)39,14-10-16-30)34(17-12-20(32)23(36)41-27(4,5)6)18-13-21(33)24(37)42-28(7,8)9/h19-21H,10-18,30-33H2,1-9H3,(H,38,39)/t19?,20?,21?,29-/m1/s1. The van der Waals surface area contributed by atoms with Crippen LogP contribution in [0.5, 0.6) is 0 Å². The van der Waals surface area contributed by atoms with Gasteiger partial charge >= 0.3 is 23.9 Å². The predicted octanol–water partition coefficient (Wildman–Crippen LogP) is 1.42. The summed E-state index contributed by atoms with van der Waals surface area (Å²) in [4.78, 5) is 52.4. The van der Waals surface area contributed by atoms with Crippen molar-refractivity contribution in [1.82, 2.24) is 4.90 Å². The molecule has 0 aromatic carbocycles. The number of rotatable bonds is 17. The summed E-state index contributed by atoms with van der Waals surface area (Å²) < 4.78 is 16.1. The molecule has 246 valence electrons. The molecule has 0 saturated carbocycles. The van der Waals surface area contributed by atoms with Crippen molar-refractivity contribution in [1.29, 1.82) is 0 Å². The molecule has 3 unspecified atom stereocenters. The van der Waals surface area contributed by atoms with Gasteiger partial charge < -0.3 is 42.3 Å². The maximum Gasteiger partial charge on any atom is 0.324 e. The number of carbonyl (C=O) groups excluding carboxylic acids is 3. The molecule has 0 aliphatic heterocycles. The number of ether oxygens (including phenoxy) is 3. The van der Waals surface area contributed by atoms with E-state index in [1.807, 2.05) is 0 Å². The molecule has 42 heavy (non-hydrogen) atoms. The average Bonchev–Trinajstić information content (AvgIpc) is 2.80. The number of carboxylic acid groups (broad SMARTS) is 1. The number of hydrogen-bond donors (Lipinski definition) is 5. The molecule has 0 spiro atoms. The lowest BCUT2D eigenvalue weighted by Crippen LogP contribution is -2.58. The fraction of sp³-hybridized carbons (Fsp3) is 0.862. The number of esters is 3. The van der Waals surface area contributed by atoms with Gasteiger partial charge in [0.1, 0.15) is 40.5 Å². The Morgan fingerprint density at radius 1 is 0.643 bits per heavy atom. The van der Waals surface area contributed by atoms with E-state index in [1.165, 1.54) is 0 Å². The molecule has 0 aromatic heterocycles. The molecule has 0 saturated heterocycles. The Morgan fingerprint density at radius 2 is 0.976 bits per heavy atom. The van der Waals surface area contributed by atoms with E-state index in [0.717, 1.165) is 0 Å². The Hall–Kier alpha value is -2.32. The lowest BCUT2D eigenvalue weighted by Gasteiger charge is -2.42. The van der Waals surface area contributed by atoms with E-state index in [4.69, 9.17) is 37.1 Å². The van der Waals surface area contributed by atoms with Gasteiger partial charge in [-0.2, -0.15) is 0 Å². The molecule has 13 heteroatoms. The molecule has 13 nitrogen and oxygen atoms in total. The van der Waals surface area contributed by atoms with E-state index in [1.54, 1.807) is 67.2 Å². The number of nitrogens with two attached hydrogens (primary N) is 4. The van der Waals surface area contributed by atoms with Crippen molar-refractivity contribution in [2.24, 2.45) is 22.9 Å². The third-order valence-electron chi connectivity index (χ3n) is 6.22. The molecule has 0 aliphatic rings. The molecule has 0 heterocycles. The normalized spacial score (nSPS) is 16.2. The van der Waals surface area contributed by atoms with Crippen molar-refractivity contribution in [3.8, 4) is 0 Å². The Bertz CT molecular complexity index is 856. The summed E-state index contributed by atoms with van der Waals surface area (Å²) in [6, 6.07) is -3.14. The third-order valence-corrected chi connectivity index (χ3v) is 6.22. The van der Waals surface area contributed by atoms with Crippen molar-refractivity contribution >= 4 is 23.9 Å². The number of nitrogens with zero attached hydrogens (tertiary/aromatic N) is 1. The van der Waals surface area contributed by atoms with Crippen molar-refractivity contribution in [2.75, 3.05) is 19.6 Å². The van der Waals surface area contributed by atoms with Gasteiger partial charge in [-0.05, 0) is 107 Å². The second kappa shape index (κ2) is 16.5. The number of carboxylic acids is 1. The zero-order valence-corrected chi connectivity index (χ0v) is 27.2. The number of hydrogen-bond acceptors (Lipinski definition) is 12. The van der Waals surface area contributed by atoms with E-state index < -0.39 is 64.3 Å². The highest BCUT2D eigenvalue weighted by Crippen LogP contribution is 2.30. The first-order valence-electron chi connectivity index (χ1n) is 14.6. The van der Waals surface area contributed by atoms with Gasteiger partial charge in [-0.25, -0.2) is 0 Å². The minimum absolute atomic E-state index is 0.00146. The van der Waals surface area contributed by atoms with Crippen LogP contribution in [0.3, 0.4) is 0 Å². The Morgan fingerprint density at radius 3 is 1.26 bits per heavy atom. The molecular weight excluding hydrogens is 546 g/mol. The summed E-state index contributed by atoms with van der Waals surface area (Å²) in [5.41, 5.74) is 20.4. The van der Waals surface area contributed by atoms with Crippen molar-refractivity contribution in [3.63, 3.8) is 0 Å². The topological polar surface area (TPSA) is 224 Å². The summed E-state index contributed by atoms with van der Waals surface area (Å²) in [5.74, 6) is -3.06. The smallest absolute Gasteiger partial charge is 0.324 e. The van der Waals surface area contributed by atoms with Gasteiger partial charge in [0.2, 0.25) is 0 Å². The maximum absolute atomic E-state index is 13.0. The monoisotopic (exact) mass is 603 g/mol. The minimum Gasteiger partial charge on any atom is -0.480 e. The van der Waals surface area contributed by atoms with Gasteiger partial charge in [0.05, 0.1) is 0 Å². The molecule has 0 fully saturated rings. The minimum atomic E-state index is -1.56. The van der Waals surface area contributed by atoms with Gasteiger partial charge in [0, 0.05) is 13.1 Å². The summed E-state index contributed by atoms with van der Waals surface area (Å²) in [6.45, 7) is 15.8. The highest BCUT2D eigenvalue weighted by atomic mass is 16.6. The Balaban J connectivity index is 6.25. The van der Waals surface area contributed by atoms with E-state index in [-0.39, 0.29) is 51.7 Å². The van der Waals surface area contributed by atoms with Gasteiger partial charge in [-0.1, -0.05) is 0 Å². The average molecular weight is 604 g/mol. The SMILES string of the molecule is CC(C)(C)OC(=O)C(N)CCN(CCC(N)C(=O)OC(C)(C)C)[C@](CCCN)(CCC(N)C(=O)OC(C)(C)C)C(=O)O. The maximum atomic E-state index is 13.0. The van der Waals surface area contributed by atoms with Crippen LogP contribution in [-0.4, -0.2) is 94.0 Å².